The monoisotopic (exact) mass is 215 g/mol. The van der Waals surface area contributed by atoms with Crippen molar-refractivity contribution in [3.8, 4) is 5.75 Å². The van der Waals surface area contributed by atoms with Crippen molar-refractivity contribution in [1.82, 2.24) is 0 Å². The van der Waals surface area contributed by atoms with Crippen molar-refractivity contribution >= 4 is 0 Å². The third-order valence-electron chi connectivity index (χ3n) is 1.90. The van der Waals surface area contributed by atoms with Gasteiger partial charge in [0.2, 0.25) is 0 Å². The number of benzene rings is 1. The average Bonchev–Trinajstić information content (AvgIpc) is 2.26. The molecule has 0 amide bonds. The van der Waals surface area contributed by atoms with E-state index in [-0.39, 0.29) is 19.8 Å². The molecule has 1 aromatic rings. The van der Waals surface area contributed by atoms with Crippen molar-refractivity contribution in [2.45, 2.75) is 12.6 Å². The summed E-state index contributed by atoms with van der Waals surface area (Å²) in [6.07, 6.45) is -0.956. The first kappa shape index (κ1) is 11.9. The molecule has 0 aliphatic carbocycles. The van der Waals surface area contributed by atoms with Crippen LogP contribution in [0.5, 0.6) is 5.75 Å². The molecule has 15 heavy (non-hydrogen) atoms. The van der Waals surface area contributed by atoms with Crippen LogP contribution in [0.4, 0.5) is 4.39 Å². The molecular weight excluding hydrogens is 201 g/mol. The predicted molar refractivity (Wildman–Crippen MR) is 52.9 cm³/mol. The van der Waals surface area contributed by atoms with Gasteiger partial charge in [-0.1, -0.05) is 6.07 Å². The minimum atomic E-state index is -0.956. The molecule has 1 aromatic carbocycles. The summed E-state index contributed by atoms with van der Waals surface area (Å²) in [5.74, 6) is -0.134. The Morgan fingerprint density at radius 3 is 2.73 bits per heavy atom. The Morgan fingerprint density at radius 1 is 1.47 bits per heavy atom. The number of aliphatic hydroxyl groups excluding tert-OH is 2. The largest absolute Gasteiger partial charge is 0.491 e. The summed E-state index contributed by atoms with van der Waals surface area (Å²) in [6.45, 7) is -0.327. The molecule has 0 saturated carbocycles. The maximum atomic E-state index is 13.2. The molecule has 0 saturated heterocycles. The highest BCUT2D eigenvalue weighted by Gasteiger charge is 2.05. The van der Waals surface area contributed by atoms with Gasteiger partial charge in [-0.25, -0.2) is 4.39 Å². The van der Waals surface area contributed by atoms with E-state index in [1.165, 1.54) is 12.1 Å². The van der Waals surface area contributed by atoms with Gasteiger partial charge in [0.1, 0.15) is 24.3 Å². The van der Waals surface area contributed by atoms with Gasteiger partial charge in [-0.2, -0.15) is 0 Å². The van der Waals surface area contributed by atoms with Crippen LogP contribution in [-0.2, 0) is 6.54 Å². The van der Waals surface area contributed by atoms with Crippen LogP contribution < -0.4 is 10.5 Å². The lowest BCUT2D eigenvalue weighted by Gasteiger charge is -2.10. The maximum absolute atomic E-state index is 13.2. The number of nitrogens with two attached hydrogens (primary N) is 1. The number of ether oxygens (including phenoxy) is 1. The van der Waals surface area contributed by atoms with Crippen LogP contribution >= 0.6 is 0 Å². The number of hydrogen-bond acceptors (Lipinski definition) is 4. The third-order valence-corrected chi connectivity index (χ3v) is 1.90. The van der Waals surface area contributed by atoms with Crippen LogP contribution in [0.3, 0.4) is 0 Å². The van der Waals surface area contributed by atoms with Gasteiger partial charge in [0.15, 0.2) is 0 Å². The predicted octanol–water partition coefficient (Wildman–Crippen LogP) is 0.0164. The van der Waals surface area contributed by atoms with Crippen LogP contribution in [0.1, 0.15) is 5.56 Å². The Morgan fingerprint density at radius 2 is 2.20 bits per heavy atom. The fraction of sp³-hybridized carbons (Fsp3) is 0.400. The zero-order chi connectivity index (χ0) is 11.3. The van der Waals surface area contributed by atoms with Gasteiger partial charge in [-0.05, 0) is 6.07 Å². The summed E-state index contributed by atoms with van der Waals surface area (Å²) in [4.78, 5) is 0. The molecule has 84 valence electrons. The van der Waals surface area contributed by atoms with E-state index in [9.17, 15) is 4.39 Å². The van der Waals surface area contributed by atoms with Crippen LogP contribution in [0.15, 0.2) is 18.2 Å². The lowest BCUT2D eigenvalue weighted by molar-refractivity contribution is 0.0535. The minimum Gasteiger partial charge on any atom is -0.491 e. The maximum Gasteiger partial charge on any atom is 0.131 e. The minimum absolute atomic E-state index is 0.0715. The zero-order valence-corrected chi connectivity index (χ0v) is 8.19. The fourth-order valence-corrected chi connectivity index (χ4v) is 1.03. The van der Waals surface area contributed by atoms with Crippen molar-refractivity contribution < 1.29 is 19.3 Å². The topological polar surface area (TPSA) is 75.7 Å². The highest BCUT2D eigenvalue weighted by molar-refractivity contribution is 5.28. The molecule has 1 atom stereocenters. The van der Waals surface area contributed by atoms with Crippen molar-refractivity contribution in [3.63, 3.8) is 0 Å². The number of aliphatic hydroxyl groups is 2. The molecule has 0 spiro atoms. The molecule has 1 rings (SSSR count). The molecule has 1 unspecified atom stereocenters. The van der Waals surface area contributed by atoms with Gasteiger partial charge in [0, 0.05) is 18.2 Å². The van der Waals surface area contributed by atoms with Gasteiger partial charge in [0.25, 0.3) is 0 Å². The average molecular weight is 215 g/mol. The molecule has 0 aliphatic heterocycles. The van der Waals surface area contributed by atoms with Gasteiger partial charge < -0.3 is 20.7 Å². The second kappa shape index (κ2) is 5.65. The Labute approximate surface area is 87.1 Å². The van der Waals surface area contributed by atoms with E-state index in [1.54, 1.807) is 6.07 Å². The number of rotatable bonds is 5. The van der Waals surface area contributed by atoms with Gasteiger partial charge >= 0.3 is 0 Å². The zero-order valence-electron chi connectivity index (χ0n) is 8.19. The van der Waals surface area contributed by atoms with Crippen LogP contribution in [0, 0.1) is 5.82 Å². The van der Waals surface area contributed by atoms with Gasteiger partial charge in [0.05, 0.1) is 6.61 Å². The van der Waals surface area contributed by atoms with E-state index in [1.807, 2.05) is 0 Å². The lowest BCUT2D eigenvalue weighted by atomic mass is 10.2. The summed E-state index contributed by atoms with van der Waals surface area (Å²) in [7, 11) is 0. The smallest absolute Gasteiger partial charge is 0.131 e. The van der Waals surface area contributed by atoms with Crippen LogP contribution in [0.25, 0.3) is 0 Å². The van der Waals surface area contributed by atoms with E-state index < -0.39 is 11.9 Å². The molecule has 0 aliphatic rings. The SMILES string of the molecule is NCc1ccc(OCC(O)CO)cc1F. The first-order valence-corrected chi connectivity index (χ1v) is 4.57. The van der Waals surface area contributed by atoms with Crippen molar-refractivity contribution in [3.05, 3.63) is 29.6 Å². The molecule has 4 N–H and O–H groups in total. The highest BCUT2D eigenvalue weighted by Crippen LogP contribution is 2.16. The summed E-state index contributed by atoms with van der Waals surface area (Å²) in [6, 6.07) is 4.29. The molecule has 0 aromatic heterocycles. The van der Waals surface area contributed by atoms with Crippen molar-refractivity contribution in [2.75, 3.05) is 13.2 Å². The summed E-state index contributed by atoms with van der Waals surface area (Å²) >= 11 is 0. The van der Waals surface area contributed by atoms with Gasteiger partial charge in [-0.15, -0.1) is 0 Å². The quantitative estimate of drug-likeness (QED) is 0.647. The summed E-state index contributed by atoms with van der Waals surface area (Å²) < 4.78 is 18.2. The third kappa shape index (κ3) is 3.47. The summed E-state index contributed by atoms with van der Waals surface area (Å²) in [5, 5.41) is 17.5. The molecule has 0 radical (unpaired) electrons. The van der Waals surface area contributed by atoms with Crippen LogP contribution in [-0.4, -0.2) is 29.5 Å². The Bertz CT molecular complexity index is 320. The normalized spacial score (nSPS) is 12.5. The Hall–Kier alpha value is -1.17. The fourth-order valence-electron chi connectivity index (χ4n) is 1.03. The lowest BCUT2D eigenvalue weighted by Crippen LogP contribution is -2.21. The number of hydrogen-bond donors (Lipinski definition) is 3. The second-order valence-electron chi connectivity index (χ2n) is 3.10. The van der Waals surface area contributed by atoms with E-state index >= 15 is 0 Å². The standard InChI is InChI=1S/C10H14FNO3/c11-10-3-9(2-1-7(10)4-12)15-6-8(14)5-13/h1-3,8,13-14H,4-6,12H2. The molecule has 0 bridgehead atoms. The van der Waals surface area contributed by atoms with Crippen molar-refractivity contribution in [2.24, 2.45) is 5.73 Å². The molecular formula is C10H14FNO3. The second-order valence-corrected chi connectivity index (χ2v) is 3.10. The van der Waals surface area contributed by atoms with E-state index in [0.717, 1.165) is 0 Å². The van der Waals surface area contributed by atoms with Crippen LogP contribution in [0.2, 0.25) is 0 Å². The Kier molecular flexibility index (Phi) is 4.48. The van der Waals surface area contributed by atoms with E-state index in [0.29, 0.717) is 11.3 Å². The first-order chi connectivity index (χ1) is 7.17. The van der Waals surface area contributed by atoms with E-state index in [2.05, 4.69) is 0 Å². The molecule has 4 nitrogen and oxygen atoms in total. The van der Waals surface area contributed by atoms with Gasteiger partial charge in [-0.3, -0.25) is 0 Å². The molecule has 5 heteroatoms. The molecule has 0 fully saturated rings. The summed E-state index contributed by atoms with van der Waals surface area (Å²) in [5.41, 5.74) is 5.70. The van der Waals surface area contributed by atoms with Crippen molar-refractivity contribution in [1.29, 1.82) is 0 Å². The van der Waals surface area contributed by atoms with E-state index in [4.69, 9.17) is 20.7 Å². The highest BCUT2D eigenvalue weighted by atomic mass is 19.1. The molecule has 0 heterocycles. The number of halogens is 1. The Balaban J connectivity index is 2.59. The first-order valence-electron chi connectivity index (χ1n) is 4.57.